The molecule has 1 unspecified atom stereocenters. The average Bonchev–Trinajstić information content (AvgIpc) is 3.02. The molecule has 0 radical (unpaired) electrons. The number of hydrogen-bond acceptors (Lipinski definition) is 5. The van der Waals surface area contributed by atoms with E-state index in [1.165, 1.54) is 11.8 Å². The lowest BCUT2D eigenvalue weighted by atomic mass is 10.1. The summed E-state index contributed by atoms with van der Waals surface area (Å²) in [5.74, 6) is -0.129. The van der Waals surface area contributed by atoms with E-state index in [1.54, 1.807) is 53.4 Å². The van der Waals surface area contributed by atoms with Gasteiger partial charge in [-0.1, -0.05) is 24.6 Å². The van der Waals surface area contributed by atoms with Crippen LogP contribution in [0.2, 0.25) is 5.02 Å². The molecule has 0 aliphatic carbocycles. The smallest absolute Gasteiger partial charge is 0.256 e. The van der Waals surface area contributed by atoms with Crippen molar-refractivity contribution in [3.05, 3.63) is 53.6 Å². The molecule has 1 fully saturated rings. The molecule has 2 N–H and O–H groups in total. The monoisotopic (exact) mass is 502 g/mol. The normalized spacial score (nSPS) is 15.4. The van der Waals surface area contributed by atoms with Crippen molar-refractivity contribution in [1.82, 2.24) is 10.2 Å². The number of benzene rings is 2. The third-order valence-corrected chi connectivity index (χ3v) is 5.75. The minimum Gasteiger partial charge on any atom is -0.494 e. The van der Waals surface area contributed by atoms with E-state index in [-0.39, 0.29) is 42.3 Å². The molecular weight excluding hydrogens is 476 g/mol. The Hall–Kier alpha value is -3.17. The number of nitrogens with one attached hydrogen (secondary N) is 2. The molecule has 34 heavy (non-hydrogen) atoms. The molecule has 1 aliphatic heterocycles. The lowest BCUT2D eigenvalue weighted by Crippen LogP contribution is -2.42. The minimum absolute atomic E-state index is 0.107. The molecule has 0 saturated carbocycles. The number of thiocarbonyl (C=S) groups is 1. The highest BCUT2D eigenvalue weighted by atomic mass is 35.5. The fraction of sp³-hybridized carbons (Fsp3) is 0.333. The fourth-order valence-electron chi connectivity index (χ4n) is 3.53. The van der Waals surface area contributed by atoms with Gasteiger partial charge < -0.3 is 20.3 Å². The summed E-state index contributed by atoms with van der Waals surface area (Å²) in [6, 6.07) is 13.0. The number of halogens is 1. The second kappa shape index (κ2) is 11.8. The van der Waals surface area contributed by atoms with Crippen molar-refractivity contribution in [3.8, 4) is 5.75 Å². The van der Waals surface area contributed by atoms with Crippen LogP contribution >= 0.6 is 23.8 Å². The Morgan fingerprint density at radius 2 is 1.91 bits per heavy atom. The van der Waals surface area contributed by atoms with E-state index in [2.05, 4.69) is 10.6 Å². The number of carbonyl (C=O) groups is 3. The molecule has 8 nitrogen and oxygen atoms in total. The van der Waals surface area contributed by atoms with E-state index in [4.69, 9.17) is 28.6 Å². The summed E-state index contributed by atoms with van der Waals surface area (Å²) in [4.78, 5) is 40.5. The fourth-order valence-corrected chi connectivity index (χ4v) is 4.13. The standard InChI is InChI=1S/C24H27ClN4O4S/c1-3-13-33-20-9-7-18(8-10-20)27-22(31)15-21-23(32)29(19-6-4-5-17(25)14-19)24(34)28(21)12-11-26-16(2)30/h4-10,14,21H,3,11-13,15H2,1-2H3,(H,26,30)(H,27,31). The summed E-state index contributed by atoms with van der Waals surface area (Å²) in [5.41, 5.74) is 1.12. The largest absolute Gasteiger partial charge is 0.494 e. The molecule has 1 heterocycles. The van der Waals surface area contributed by atoms with Crippen molar-refractivity contribution in [1.29, 1.82) is 0 Å². The van der Waals surface area contributed by atoms with Gasteiger partial charge in [0.25, 0.3) is 5.91 Å². The maximum Gasteiger partial charge on any atom is 0.256 e. The second-order valence-corrected chi connectivity index (χ2v) is 8.55. The van der Waals surface area contributed by atoms with Gasteiger partial charge in [-0.25, -0.2) is 0 Å². The highest BCUT2D eigenvalue weighted by Gasteiger charge is 2.44. The van der Waals surface area contributed by atoms with E-state index in [0.717, 1.165) is 12.2 Å². The van der Waals surface area contributed by atoms with Crippen molar-refractivity contribution in [2.75, 3.05) is 29.9 Å². The molecule has 0 bridgehead atoms. The maximum atomic E-state index is 13.3. The van der Waals surface area contributed by atoms with Crippen LogP contribution in [0.1, 0.15) is 26.7 Å². The summed E-state index contributed by atoms with van der Waals surface area (Å²) >= 11 is 11.7. The minimum atomic E-state index is -0.813. The average molecular weight is 503 g/mol. The number of amides is 3. The molecule has 0 spiro atoms. The molecule has 2 aromatic carbocycles. The van der Waals surface area contributed by atoms with Crippen LogP contribution in [0.25, 0.3) is 0 Å². The number of nitrogens with zero attached hydrogens (tertiary/aromatic N) is 2. The van der Waals surface area contributed by atoms with Gasteiger partial charge in [0.05, 0.1) is 18.7 Å². The Morgan fingerprint density at radius 1 is 1.18 bits per heavy atom. The number of hydrogen-bond donors (Lipinski definition) is 2. The van der Waals surface area contributed by atoms with Gasteiger partial charge in [-0.15, -0.1) is 0 Å². The van der Waals surface area contributed by atoms with E-state index >= 15 is 0 Å². The lowest BCUT2D eigenvalue weighted by molar-refractivity contribution is -0.124. The maximum absolute atomic E-state index is 13.3. The summed E-state index contributed by atoms with van der Waals surface area (Å²) in [7, 11) is 0. The van der Waals surface area contributed by atoms with Crippen molar-refractivity contribution < 1.29 is 19.1 Å². The van der Waals surface area contributed by atoms with E-state index in [1.807, 2.05) is 6.92 Å². The highest BCUT2D eigenvalue weighted by molar-refractivity contribution is 7.80. The third-order valence-electron chi connectivity index (χ3n) is 5.10. The first-order valence-corrected chi connectivity index (χ1v) is 11.8. The molecule has 10 heteroatoms. The van der Waals surface area contributed by atoms with Crippen LogP contribution in [-0.4, -0.2) is 53.5 Å². The van der Waals surface area contributed by atoms with Crippen LogP contribution in [-0.2, 0) is 14.4 Å². The summed E-state index contributed by atoms with van der Waals surface area (Å²) < 4.78 is 5.56. The van der Waals surface area contributed by atoms with Crippen LogP contribution in [0.15, 0.2) is 48.5 Å². The zero-order valence-corrected chi connectivity index (χ0v) is 20.6. The zero-order valence-electron chi connectivity index (χ0n) is 19.0. The Morgan fingerprint density at radius 3 is 2.56 bits per heavy atom. The molecule has 0 aromatic heterocycles. The molecule has 1 aliphatic rings. The molecular formula is C24H27ClN4O4S. The second-order valence-electron chi connectivity index (χ2n) is 7.75. The first kappa shape index (κ1) is 25.5. The molecule has 1 atom stereocenters. The quantitative estimate of drug-likeness (QED) is 0.482. The predicted molar refractivity (Wildman–Crippen MR) is 136 cm³/mol. The first-order valence-electron chi connectivity index (χ1n) is 11.0. The number of carbonyl (C=O) groups excluding carboxylic acids is 3. The molecule has 180 valence electrons. The predicted octanol–water partition coefficient (Wildman–Crippen LogP) is 3.60. The zero-order chi connectivity index (χ0) is 24.7. The molecule has 3 amide bonds. The van der Waals surface area contributed by atoms with Gasteiger partial charge in [-0.3, -0.25) is 19.3 Å². The van der Waals surface area contributed by atoms with Gasteiger partial charge in [-0.05, 0) is 61.1 Å². The van der Waals surface area contributed by atoms with Crippen LogP contribution in [0, 0.1) is 0 Å². The van der Waals surface area contributed by atoms with Gasteiger partial charge >= 0.3 is 0 Å². The van der Waals surface area contributed by atoms with E-state index in [0.29, 0.717) is 23.0 Å². The van der Waals surface area contributed by atoms with Gasteiger partial charge in [-0.2, -0.15) is 0 Å². The Balaban J connectivity index is 1.74. The van der Waals surface area contributed by atoms with Crippen LogP contribution in [0.3, 0.4) is 0 Å². The van der Waals surface area contributed by atoms with E-state index < -0.39 is 6.04 Å². The molecule has 2 aromatic rings. The number of rotatable bonds is 10. The Labute approximate surface area is 209 Å². The lowest BCUT2D eigenvalue weighted by Gasteiger charge is -2.24. The molecule has 3 rings (SSSR count). The summed E-state index contributed by atoms with van der Waals surface area (Å²) in [5, 5.41) is 6.24. The van der Waals surface area contributed by atoms with Gasteiger partial charge in [0.15, 0.2) is 5.11 Å². The topological polar surface area (TPSA) is 91.0 Å². The SMILES string of the molecule is CCCOc1ccc(NC(=O)CC2C(=O)N(c3cccc(Cl)c3)C(=S)N2CCNC(C)=O)cc1. The van der Waals surface area contributed by atoms with Gasteiger partial charge in [0, 0.05) is 30.7 Å². The van der Waals surface area contributed by atoms with Crippen molar-refractivity contribution in [3.63, 3.8) is 0 Å². The van der Waals surface area contributed by atoms with Crippen LogP contribution < -0.4 is 20.3 Å². The van der Waals surface area contributed by atoms with Crippen LogP contribution in [0.4, 0.5) is 11.4 Å². The van der Waals surface area contributed by atoms with Crippen LogP contribution in [0.5, 0.6) is 5.75 Å². The Bertz CT molecular complexity index is 1060. The van der Waals surface area contributed by atoms with Crippen molar-refractivity contribution in [2.45, 2.75) is 32.7 Å². The Kier molecular flexibility index (Phi) is 8.84. The number of anilines is 2. The highest BCUT2D eigenvalue weighted by Crippen LogP contribution is 2.29. The summed E-state index contributed by atoms with van der Waals surface area (Å²) in [6.45, 7) is 4.62. The van der Waals surface area contributed by atoms with Crippen molar-refractivity contribution in [2.24, 2.45) is 0 Å². The third kappa shape index (κ3) is 6.45. The first-order chi connectivity index (χ1) is 16.3. The van der Waals surface area contributed by atoms with Gasteiger partial charge in [0.2, 0.25) is 11.8 Å². The van der Waals surface area contributed by atoms with Gasteiger partial charge in [0.1, 0.15) is 11.8 Å². The van der Waals surface area contributed by atoms with Crippen molar-refractivity contribution >= 4 is 58.0 Å². The molecule has 1 saturated heterocycles. The number of ether oxygens (including phenoxy) is 1. The van der Waals surface area contributed by atoms with E-state index in [9.17, 15) is 14.4 Å². The summed E-state index contributed by atoms with van der Waals surface area (Å²) in [6.07, 6.45) is 0.796.